The van der Waals surface area contributed by atoms with Gasteiger partial charge in [0, 0.05) is 11.6 Å². The Kier molecular flexibility index (Phi) is 3.57. The average molecular weight is 323 g/mol. The molecular formula is C13H10ClF3O4. The first kappa shape index (κ1) is 15.5. The maximum atomic E-state index is 13.1. The van der Waals surface area contributed by atoms with E-state index in [2.05, 4.69) is 4.74 Å². The van der Waals surface area contributed by atoms with Gasteiger partial charge in [0.15, 0.2) is 0 Å². The van der Waals surface area contributed by atoms with Crippen molar-refractivity contribution in [1.29, 1.82) is 0 Å². The number of carboxylic acid groups (broad SMARTS) is 1. The number of benzene rings is 1. The maximum absolute atomic E-state index is 13.1. The third-order valence-corrected chi connectivity index (χ3v) is 3.58. The molecule has 2 N–H and O–H groups in total. The Bertz CT molecular complexity index is 639. The molecule has 1 atom stereocenters. The summed E-state index contributed by atoms with van der Waals surface area (Å²) in [7, 11) is 0. The van der Waals surface area contributed by atoms with E-state index in [0.717, 1.165) is 12.1 Å². The second-order valence-corrected chi connectivity index (χ2v) is 4.96. The number of alkyl halides is 4. The second-order valence-electron chi connectivity index (χ2n) is 4.43. The molecule has 0 saturated heterocycles. The van der Waals surface area contributed by atoms with Crippen molar-refractivity contribution < 1.29 is 32.9 Å². The van der Waals surface area contributed by atoms with Crippen LogP contribution in [0.25, 0.3) is 6.08 Å². The van der Waals surface area contributed by atoms with Crippen LogP contribution in [0.15, 0.2) is 17.7 Å². The van der Waals surface area contributed by atoms with Gasteiger partial charge in [0.2, 0.25) is 0 Å². The number of hydrogen-bond donors (Lipinski definition) is 2. The fourth-order valence-electron chi connectivity index (χ4n) is 1.98. The van der Waals surface area contributed by atoms with Crippen molar-refractivity contribution in [3.8, 4) is 11.5 Å². The molecule has 0 spiro atoms. The van der Waals surface area contributed by atoms with Gasteiger partial charge in [-0.15, -0.1) is 0 Å². The van der Waals surface area contributed by atoms with Gasteiger partial charge in [-0.2, -0.15) is 13.2 Å². The van der Waals surface area contributed by atoms with Crippen LogP contribution in [-0.4, -0.2) is 27.4 Å². The quantitative estimate of drug-likeness (QED) is 0.820. The summed E-state index contributed by atoms with van der Waals surface area (Å²) < 4.78 is 43.8. The molecule has 4 nitrogen and oxygen atoms in total. The Morgan fingerprint density at radius 3 is 2.52 bits per heavy atom. The number of ether oxygens (including phenoxy) is 1. The highest BCUT2D eigenvalue weighted by atomic mass is 35.5. The van der Waals surface area contributed by atoms with Crippen molar-refractivity contribution >= 4 is 23.6 Å². The van der Waals surface area contributed by atoms with E-state index in [0.29, 0.717) is 12.0 Å². The Morgan fingerprint density at radius 1 is 1.43 bits per heavy atom. The number of halogens is 4. The third-order valence-electron chi connectivity index (χ3n) is 3.08. The Morgan fingerprint density at radius 2 is 2.05 bits per heavy atom. The van der Waals surface area contributed by atoms with Crippen LogP contribution >= 0.6 is 11.6 Å². The summed E-state index contributed by atoms with van der Waals surface area (Å²) in [6.07, 6.45) is -3.92. The number of rotatable bonds is 2. The predicted molar refractivity (Wildman–Crippen MR) is 68.4 cm³/mol. The summed E-state index contributed by atoms with van der Waals surface area (Å²) in [6.45, 7) is 1.73. The first-order chi connectivity index (χ1) is 9.60. The average Bonchev–Trinajstić information content (AvgIpc) is 2.35. The van der Waals surface area contributed by atoms with Gasteiger partial charge in [-0.25, -0.2) is 4.79 Å². The van der Waals surface area contributed by atoms with Crippen LogP contribution in [0.1, 0.15) is 18.1 Å². The lowest BCUT2D eigenvalue weighted by Crippen LogP contribution is -2.50. The molecule has 1 heterocycles. The fourth-order valence-corrected chi connectivity index (χ4v) is 2.20. The predicted octanol–water partition coefficient (Wildman–Crippen LogP) is 3.31. The number of carboxylic acids is 1. The second kappa shape index (κ2) is 4.84. The molecular weight excluding hydrogens is 313 g/mol. The van der Waals surface area contributed by atoms with Gasteiger partial charge in [-0.3, -0.25) is 0 Å². The molecule has 1 aromatic carbocycles. The minimum Gasteiger partial charge on any atom is -0.508 e. The van der Waals surface area contributed by atoms with Crippen molar-refractivity contribution in [1.82, 2.24) is 0 Å². The first-order valence-corrected chi connectivity index (χ1v) is 6.24. The van der Waals surface area contributed by atoms with Crippen LogP contribution in [0.3, 0.4) is 0 Å². The highest BCUT2D eigenvalue weighted by molar-refractivity contribution is 6.29. The molecule has 2 rings (SSSR count). The lowest BCUT2D eigenvalue weighted by atomic mass is 9.98. The summed E-state index contributed by atoms with van der Waals surface area (Å²) in [5.74, 6) is -2.41. The molecule has 1 aliphatic rings. The van der Waals surface area contributed by atoms with Gasteiger partial charge >= 0.3 is 17.2 Å². The van der Waals surface area contributed by atoms with E-state index < -0.39 is 22.8 Å². The van der Waals surface area contributed by atoms with E-state index in [-0.39, 0.29) is 17.1 Å². The molecule has 0 saturated carbocycles. The monoisotopic (exact) mass is 322 g/mol. The molecule has 0 bridgehead atoms. The molecule has 1 unspecified atom stereocenters. The van der Waals surface area contributed by atoms with E-state index >= 15 is 0 Å². The van der Waals surface area contributed by atoms with Crippen LogP contribution < -0.4 is 4.74 Å². The Balaban J connectivity index is 2.67. The SMILES string of the molecule is CCc1cc2c(cc1O)OC(Cl)(C(F)(F)F)C(C(=O)O)=C2. The van der Waals surface area contributed by atoms with Gasteiger partial charge in [-0.1, -0.05) is 18.5 Å². The molecule has 0 aliphatic carbocycles. The molecule has 0 aromatic heterocycles. The van der Waals surface area contributed by atoms with Crippen LogP contribution in [-0.2, 0) is 11.2 Å². The number of aromatic hydroxyl groups is 1. The van der Waals surface area contributed by atoms with Gasteiger partial charge in [0.05, 0.1) is 0 Å². The summed E-state index contributed by atoms with van der Waals surface area (Å²) in [6, 6.07) is 2.35. The number of hydrogen-bond acceptors (Lipinski definition) is 3. The minimum absolute atomic E-state index is 0.113. The standard InChI is InChI=1S/C13H10ClF3O4/c1-2-6-3-7-4-8(11(19)20)12(14,13(15,16)17)21-10(7)5-9(6)18/h3-5,18H,2H2,1H3,(H,19,20). The van der Waals surface area contributed by atoms with Crippen LogP contribution in [0.4, 0.5) is 13.2 Å². The molecule has 0 amide bonds. The summed E-state index contributed by atoms with van der Waals surface area (Å²) in [5.41, 5.74) is -0.563. The van der Waals surface area contributed by atoms with Crippen molar-refractivity contribution in [2.75, 3.05) is 0 Å². The van der Waals surface area contributed by atoms with Crippen LogP contribution in [0, 0.1) is 0 Å². The summed E-state index contributed by atoms with van der Waals surface area (Å²) in [4.78, 5) is 11.1. The topological polar surface area (TPSA) is 66.8 Å². The van der Waals surface area contributed by atoms with E-state index in [1.807, 2.05) is 0 Å². The zero-order valence-electron chi connectivity index (χ0n) is 10.7. The lowest BCUT2D eigenvalue weighted by molar-refractivity contribution is -0.204. The van der Waals surface area contributed by atoms with E-state index in [9.17, 15) is 23.1 Å². The van der Waals surface area contributed by atoms with Gasteiger partial charge in [0.25, 0.3) is 0 Å². The smallest absolute Gasteiger partial charge is 0.448 e. The molecule has 1 aromatic rings. The molecule has 8 heteroatoms. The van der Waals surface area contributed by atoms with Crippen molar-refractivity contribution in [3.63, 3.8) is 0 Å². The third kappa shape index (κ3) is 2.42. The zero-order chi connectivity index (χ0) is 16.0. The number of carbonyl (C=O) groups is 1. The first-order valence-electron chi connectivity index (χ1n) is 5.86. The highest BCUT2D eigenvalue weighted by Crippen LogP contribution is 2.49. The Labute approximate surface area is 122 Å². The number of aliphatic carboxylic acids is 1. The highest BCUT2D eigenvalue weighted by Gasteiger charge is 2.62. The van der Waals surface area contributed by atoms with E-state index in [1.165, 1.54) is 6.07 Å². The maximum Gasteiger partial charge on any atom is 0.448 e. The molecule has 0 radical (unpaired) electrons. The Hall–Kier alpha value is -1.89. The normalized spacial score (nSPS) is 21.3. The number of phenols is 1. The van der Waals surface area contributed by atoms with E-state index in [1.54, 1.807) is 6.92 Å². The largest absolute Gasteiger partial charge is 0.508 e. The molecule has 21 heavy (non-hydrogen) atoms. The fraction of sp³-hybridized carbons (Fsp3) is 0.308. The molecule has 114 valence electrons. The number of aryl methyl sites for hydroxylation is 1. The van der Waals surface area contributed by atoms with Crippen molar-refractivity contribution in [2.45, 2.75) is 24.6 Å². The van der Waals surface area contributed by atoms with Crippen molar-refractivity contribution in [2.24, 2.45) is 0 Å². The minimum atomic E-state index is -5.14. The molecule has 0 fully saturated rings. The van der Waals surface area contributed by atoms with Gasteiger partial charge in [0.1, 0.15) is 17.1 Å². The molecule has 1 aliphatic heterocycles. The summed E-state index contributed by atoms with van der Waals surface area (Å²) >= 11 is 5.39. The lowest BCUT2D eigenvalue weighted by Gasteiger charge is -2.34. The van der Waals surface area contributed by atoms with Crippen molar-refractivity contribution in [3.05, 3.63) is 28.8 Å². The van der Waals surface area contributed by atoms with Gasteiger partial charge < -0.3 is 14.9 Å². The van der Waals surface area contributed by atoms with Crippen LogP contribution in [0.2, 0.25) is 0 Å². The van der Waals surface area contributed by atoms with E-state index in [4.69, 9.17) is 16.7 Å². The number of phenolic OH excluding ortho intramolecular Hbond substituents is 1. The van der Waals surface area contributed by atoms with Gasteiger partial charge in [-0.05, 0) is 24.1 Å². The summed E-state index contributed by atoms with van der Waals surface area (Å²) in [5, 5.41) is 15.1. The number of fused-ring (bicyclic) bond motifs is 1. The van der Waals surface area contributed by atoms with Crippen LogP contribution in [0.5, 0.6) is 11.5 Å². The zero-order valence-corrected chi connectivity index (χ0v) is 11.4.